The number of hydrogen-bond acceptors (Lipinski definition) is 2. The van der Waals surface area contributed by atoms with Gasteiger partial charge in [0.2, 0.25) is 5.91 Å². The summed E-state index contributed by atoms with van der Waals surface area (Å²) in [5, 5.41) is 3.05. The number of benzene rings is 1. The second-order valence-corrected chi connectivity index (χ2v) is 4.38. The molecule has 0 bridgehead atoms. The Morgan fingerprint density at radius 2 is 1.88 bits per heavy atom. The molecule has 0 unspecified atom stereocenters. The smallest absolute Gasteiger partial charge is 0.240 e. The molecular weight excluding hydrogens is 212 g/mol. The summed E-state index contributed by atoms with van der Waals surface area (Å²) in [6.45, 7) is 9.44. The molecular formula is C14H22N2O. The van der Waals surface area contributed by atoms with Crippen molar-refractivity contribution >= 4 is 11.6 Å². The van der Waals surface area contributed by atoms with Crippen LogP contribution >= 0.6 is 0 Å². The molecule has 3 nitrogen and oxygen atoms in total. The lowest BCUT2D eigenvalue weighted by atomic mass is 10.0. The highest BCUT2D eigenvalue weighted by Gasteiger charge is 2.13. The zero-order valence-corrected chi connectivity index (χ0v) is 11.4. The quantitative estimate of drug-likeness (QED) is 0.866. The highest BCUT2D eigenvalue weighted by Crippen LogP contribution is 2.24. The van der Waals surface area contributed by atoms with E-state index in [1.807, 2.05) is 20.0 Å². The van der Waals surface area contributed by atoms with Gasteiger partial charge in [0.05, 0.1) is 6.54 Å². The molecule has 1 N–H and O–H groups in total. The van der Waals surface area contributed by atoms with E-state index in [1.54, 1.807) is 4.90 Å². The average Bonchev–Trinajstić information content (AvgIpc) is 2.32. The fraction of sp³-hybridized carbons (Fsp3) is 0.500. The standard InChI is InChI=1S/C14H22N2O/c1-6-15-9-14(17)16(5)13-8-7-10(2)11(3)12(13)4/h7-8,15H,6,9H2,1-5H3. The van der Waals surface area contributed by atoms with Gasteiger partial charge in [0.25, 0.3) is 0 Å². The predicted octanol–water partition coefficient (Wildman–Crippen LogP) is 2.18. The van der Waals surface area contributed by atoms with Gasteiger partial charge in [-0.15, -0.1) is 0 Å². The third-order valence-electron chi connectivity index (χ3n) is 3.29. The fourth-order valence-corrected chi connectivity index (χ4v) is 1.79. The number of nitrogens with zero attached hydrogens (tertiary/aromatic N) is 1. The molecule has 0 saturated heterocycles. The first-order valence-electron chi connectivity index (χ1n) is 6.03. The Morgan fingerprint density at radius 3 is 2.47 bits per heavy atom. The molecule has 0 atom stereocenters. The Balaban J connectivity index is 2.93. The number of likely N-dealkylation sites (N-methyl/N-ethyl adjacent to an activating group) is 2. The lowest BCUT2D eigenvalue weighted by molar-refractivity contribution is -0.117. The summed E-state index contributed by atoms with van der Waals surface area (Å²) in [5.74, 6) is 0.0956. The zero-order chi connectivity index (χ0) is 13.0. The Bertz CT molecular complexity index is 413. The molecule has 0 aliphatic rings. The summed E-state index contributed by atoms with van der Waals surface area (Å²) in [7, 11) is 1.83. The molecule has 0 fully saturated rings. The van der Waals surface area contributed by atoms with Crippen LogP contribution in [0, 0.1) is 20.8 Å². The molecule has 1 amide bonds. The van der Waals surface area contributed by atoms with Crippen molar-refractivity contribution in [1.82, 2.24) is 5.32 Å². The number of anilines is 1. The van der Waals surface area contributed by atoms with Gasteiger partial charge in [-0.25, -0.2) is 0 Å². The van der Waals surface area contributed by atoms with E-state index >= 15 is 0 Å². The zero-order valence-electron chi connectivity index (χ0n) is 11.4. The van der Waals surface area contributed by atoms with Crippen LogP contribution in [0.25, 0.3) is 0 Å². The van der Waals surface area contributed by atoms with Crippen molar-refractivity contribution in [2.75, 3.05) is 25.0 Å². The molecule has 0 saturated carbocycles. The van der Waals surface area contributed by atoms with Gasteiger partial charge in [0, 0.05) is 12.7 Å². The number of amides is 1. The molecule has 1 rings (SSSR count). The van der Waals surface area contributed by atoms with E-state index in [9.17, 15) is 4.79 Å². The van der Waals surface area contributed by atoms with Crippen LogP contribution in [0.5, 0.6) is 0 Å². The molecule has 0 aliphatic heterocycles. The Morgan fingerprint density at radius 1 is 1.24 bits per heavy atom. The molecule has 0 radical (unpaired) electrons. The highest BCUT2D eigenvalue weighted by molar-refractivity contribution is 5.95. The molecule has 17 heavy (non-hydrogen) atoms. The maximum absolute atomic E-state index is 11.9. The minimum absolute atomic E-state index is 0.0956. The van der Waals surface area contributed by atoms with Crippen LogP contribution in [0.1, 0.15) is 23.6 Å². The van der Waals surface area contributed by atoms with E-state index in [2.05, 4.69) is 32.2 Å². The Kier molecular flexibility index (Phi) is 4.70. The monoisotopic (exact) mass is 234 g/mol. The lowest BCUT2D eigenvalue weighted by Gasteiger charge is -2.21. The summed E-state index contributed by atoms with van der Waals surface area (Å²) in [5.41, 5.74) is 4.69. The Hall–Kier alpha value is -1.35. The Labute approximate surface area is 104 Å². The normalized spacial score (nSPS) is 10.4. The first-order valence-corrected chi connectivity index (χ1v) is 6.03. The van der Waals surface area contributed by atoms with Gasteiger partial charge in [0.1, 0.15) is 0 Å². The number of nitrogens with one attached hydrogen (secondary N) is 1. The molecule has 1 aromatic rings. The maximum Gasteiger partial charge on any atom is 0.240 e. The van der Waals surface area contributed by atoms with Crippen molar-refractivity contribution in [3.63, 3.8) is 0 Å². The van der Waals surface area contributed by atoms with Gasteiger partial charge >= 0.3 is 0 Å². The van der Waals surface area contributed by atoms with Gasteiger partial charge < -0.3 is 10.2 Å². The molecule has 94 valence electrons. The van der Waals surface area contributed by atoms with Gasteiger partial charge in [-0.1, -0.05) is 13.0 Å². The van der Waals surface area contributed by atoms with E-state index in [4.69, 9.17) is 0 Å². The van der Waals surface area contributed by atoms with E-state index in [1.165, 1.54) is 16.7 Å². The summed E-state index contributed by atoms with van der Waals surface area (Å²) in [4.78, 5) is 13.6. The number of aryl methyl sites for hydroxylation is 1. The number of carbonyl (C=O) groups excluding carboxylic acids is 1. The van der Waals surface area contributed by atoms with Crippen molar-refractivity contribution < 1.29 is 4.79 Å². The first-order chi connectivity index (χ1) is 7.99. The number of hydrogen-bond donors (Lipinski definition) is 1. The summed E-state index contributed by atoms with van der Waals surface area (Å²) in [6, 6.07) is 4.08. The van der Waals surface area contributed by atoms with Gasteiger partial charge in [-0.3, -0.25) is 4.79 Å². The van der Waals surface area contributed by atoms with Gasteiger partial charge in [0.15, 0.2) is 0 Å². The third kappa shape index (κ3) is 3.07. The minimum Gasteiger partial charge on any atom is -0.314 e. The number of carbonyl (C=O) groups is 1. The van der Waals surface area contributed by atoms with Gasteiger partial charge in [-0.05, 0) is 50.1 Å². The van der Waals surface area contributed by atoms with Crippen LogP contribution in [0.3, 0.4) is 0 Å². The summed E-state index contributed by atoms with van der Waals surface area (Å²) < 4.78 is 0. The van der Waals surface area contributed by atoms with E-state index in [0.717, 1.165) is 12.2 Å². The maximum atomic E-state index is 11.9. The van der Waals surface area contributed by atoms with Crippen molar-refractivity contribution in [1.29, 1.82) is 0 Å². The third-order valence-corrected chi connectivity index (χ3v) is 3.29. The largest absolute Gasteiger partial charge is 0.314 e. The van der Waals surface area contributed by atoms with Crippen LogP contribution in [-0.2, 0) is 4.79 Å². The van der Waals surface area contributed by atoms with Crippen LogP contribution in [0.15, 0.2) is 12.1 Å². The van der Waals surface area contributed by atoms with Crippen LogP contribution in [-0.4, -0.2) is 26.0 Å². The van der Waals surface area contributed by atoms with Crippen molar-refractivity contribution in [3.8, 4) is 0 Å². The molecule has 3 heteroatoms. The molecule has 0 heterocycles. The van der Waals surface area contributed by atoms with Gasteiger partial charge in [-0.2, -0.15) is 0 Å². The summed E-state index contributed by atoms with van der Waals surface area (Å²) in [6.07, 6.45) is 0. The molecule has 0 aromatic heterocycles. The second kappa shape index (κ2) is 5.82. The second-order valence-electron chi connectivity index (χ2n) is 4.38. The highest BCUT2D eigenvalue weighted by atomic mass is 16.2. The molecule has 1 aromatic carbocycles. The topological polar surface area (TPSA) is 32.3 Å². The van der Waals surface area contributed by atoms with Crippen LogP contribution in [0.4, 0.5) is 5.69 Å². The predicted molar refractivity (Wildman–Crippen MR) is 72.6 cm³/mol. The van der Waals surface area contributed by atoms with E-state index in [0.29, 0.717) is 6.54 Å². The van der Waals surface area contributed by atoms with Crippen molar-refractivity contribution in [2.24, 2.45) is 0 Å². The molecule has 0 aliphatic carbocycles. The van der Waals surface area contributed by atoms with Crippen molar-refractivity contribution in [3.05, 3.63) is 28.8 Å². The minimum atomic E-state index is 0.0956. The van der Waals surface area contributed by atoms with E-state index < -0.39 is 0 Å². The lowest BCUT2D eigenvalue weighted by Crippen LogP contribution is -2.35. The first kappa shape index (κ1) is 13.7. The van der Waals surface area contributed by atoms with Crippen molar-refractivity contribution in [2.45, 2.75) is 27.7 Å². The average molecular weight is 234 g/mol. The van der Waals surface area contributed by atoms with Crippen LogP contribution < -0.4 is 10.2 Å². The number of rotatable bonds is 4. The summed E-state index contributed by atoms with van der Waals surface area (Å²) >= 11 is 0. The van der Waals surface area contributed by atoms with E-state index in [-0.39, 0.29) is 5.91 Å². The SMILES string of the molecule is CCNCC(=O)N(C)c1ccc(C)c(C)c1C. The van der Waals surface area contributed by atoms with Crippen LogP contribution in [0.2, 0.25) is 0 Å². The fourth-order valence-electron chi connectivity index (χ4n) is 1.79. The molecule has 0 spiro atoms.